The third kappa shape index (κ3) is 7.53. The molecule has 2 aliphatic heterocycles. The van der Waals surface area contributed by atoms with E-state index < -0.39 is 9.84 Å². The van der Waals surface area contributed by atoms with Crippen LogP contribution in [0.1, 0.15) is 25.0 Å². The highest BCUT2D eigenvalue weighted by atomic mass is 32.2. The number of nitrogens with two attached hydrogens (primary N) is 1. The largest absolute Gasteiger partial charge is 0.356 e. The summed E-state index contributed by atoms with van der Waals surface area (Å²) in [5.74, 6) is 4.06. The van der Waals surface area contributed by atoms with Crippen molar-refractivity contribution in [3.8, 4) is 0 Å². The molecular weight excluding hydrogens is 703 g/mol. The Hall–Kier alpha value is -5.35. The summed E-state index contributed by atoms with van der Waals surface area (Å²) in [7, 11) is 5.05. The lowest BCUT2D eigenvalue weighted by molar-refractivity contribution is 0.441. The first-order valence-corrected chi connectivity index (χ1v) is 20.3. The van der Waals surface area contributed by atoms with Crippen molar-refractivity contribution >= 4 is 66.6 Å². The number of rotatable bonds is 10. The van der Waals surface area contributed by atoms with Crippen LogP contribution in [0.25, 0.3) is 22.1 Å². The van der Waals surface area contributed by atoms with Crippen molar-refractivity contribution in [2.45, 2.75) is 32.7 Å². The second-order valence-electron chi connectivity index (χ2n) is 14.5. The van der Waals surface area contributed by atoms with E-state index in [0.717, 1.165) is 95.7 Å². The Kier molecular flexibility index (Phi) is 10.2. The molecule has 0 saturated carbocycles. The molecule has 0 spiro atoms. The van der Waals surface area contributed by atoms with E-state index in [0.29, 0.717) is 0 Å². The van der Waals surface area contributed by atoms with E-state index in [9.17, 15) is 8.42 Å². The van der Waals surface area contributed by atoms with E-state index in [1.165, 1.54) is 17.4 Å². The summed E-state index contributed by atoms with van der Waals surface area (Å²) in [6.07, 6.45) is 14.1. The minimum atomic E-state index is -2.93. The first-order valence-electron chi connectivity index (χ1n) is 18.2. The van der Waals surface area contributed by atoms with E-state index in [-0.39, 0.29) is 17.7 Å². The Morgan fingerprint density at radius 2 is 1.13 bits per heavy atom. The van der Waals surface area contributed by atoms with Gasteiger partial charge in [-0.05, 0) is 36.1 Å². The molecule has 6 aromatic heterocycles. The Morgan fingerprint density at radius 1 is 0.685 bits per heavy atom. The molecule has 0 amide bonds. The van der Waals surface area contributed by atoms with Gasteiger partial charge >= 0.3 is 0 Å². The van der Waals surface area contributed by atoms with Gasteiger partial charge in [0, 0.05) is 84.7 Å². The maximum atomic E-state index is 11.5. The molecule has 0 radical (unpaired) electrons. The van der Waals surface area contributed by atoms with Gasteiger partial charge in [-0.3, -0.25) is 0 Å². The highest BCUT2D eigenvalue weighted by Crippen LogP contribution is 2.33. The molecule has 8 rings (SSSR count). The van der Waals surface area contributed by atoms with Crippen LogP contribution in [0.2, 0.25) is 0 Å². The van der Waals surface area contributed by atoms with Crippen LogP contribution in [-0.2, 0) is 36.8 Å². The summed E-state index contributed by atoms with van der Waals surface area (Å²) < 4.78 is 26.9. The number of hydrogen-bond acceptors (Lipinski definition) is 13. The molecule has 15 nitrogen and oxygen atoms in total. The van der Waals surface area contributed by atoms with E-state index >= 15 is 0 Å². The molecule has 284 valence electrons. The zero-order chi connectivity index (χ0) is 38.3. The third-order valence-corrected chi connectivity index (χ3v) is 11.4. The normalized spacial score (nSPS) is 14.9. The van der Waals surface area contributed by atoms with E-state index in [4.69, 9.17) is 5.73 Å². The fourth-order valence-corrected chi connectivity index (χ4v) is 8.18. The maximum Gasteiger partial charge on any atom is 0.147 e. The van der Waals surface area contributed by atoms with Crippen molar-refractivity contribution < 1.29 is 8.42 Å². The summed E-state index contributed by atoms with van der Waals surface area (Å²) >= 11 is 0. The molecule has 54 heavy (non-hydrogen) atoms. The predicted octanol–water partition coefficient (Wildman–Crippen LogP) is 4.02. The van der Waals surface area contributed by atoms with Gasteiger partial charge in [0.2, 0.25) is 0 Å². The number of aromatic nitrogens is 8. The number of nitrogens with zero attached hydrogens (tertiary/aromatic N) is 12. The van der Waals surface area contributed by atoms with Gasteiger partial charge in [-0.2, -0.15) is 0 Å². The van der Waals surface area contributed by atoms with Gasteiger partial charge < -0.3 is 34.5 Å². The van der Waals surface area contributed by atoms with Crippen LogP contribution in [0, 0.1) is 5.92 Å². The van der Waals surface area contributed by atoms with Gasteiger partial charge in [0.1, 0.15) is 44.1 Å². The van der Waals surface area contributed by atoms with Crippen LogP contribution < -0.4 is 25.3 Å². The molecular formula is C38H49N13O2S. The average molecular weight is 752 g/mol. The molecule has 0 unspecified atom stereocenters. The molecule has 8 heterocycles. The third-order valence-electron chi connectivity index (χ3n) is 10.3. The topological polar surface area (TPSA) is 160 Å². The summed E-state index contributed by atoms with van der Waals surface area (Å²) in [6.45, 7) is 7.51. The lowest BCUT2D eigenvalue weighted by atomic mass is 10.0. The standard InChI is InChI=1S/C20H26N6O2S.C18H23N7/c1-5-15-6-20(26-10-14(11-26)12-29(4,27)28)22-9-18(15)25(3)19-7-17-16(8-21-19)23-13-24(17)2;1-4-12-5-18(25-9-13(19)10-25)21-8-16(12)24(3)17-6-15-14(7-20-17)22-11-23(15)2/h6-9,13-14H,5,10-12H2,1-4H3;5-8,11,13H,4,9-10,19H2,1-3H3. The molecule has 16 heteroatoms. The highest BCUT2D eigenvalue weighted by molar-refractivity contribution is 7.90. The number of hydrogen-bond donors (Lipinski definition) is 1. The lowest BCUT2D eigenvalue weighted by Crippen LogP contribution is -2.56. The van der Waals surface area contributed by atoms with E-state index in [1.54, 1.807) is 12.5 Å². The van der Waals surface area contributed by atoms with Gasteiger partial charge in [-0.15, -0.1) is 0 Å². The number of imidazole rings is 2. The van der Waals surface area contributed by atoms with Crippen molar-refractivity contribution in [3.63, 3.8) is 0 Å². The van der Waals surface area contributed by atoms with Crippen LogP contribution >= 0.6 is 0 Å². The number of pyridine rings is 4. The minimum absolute atomic E-state index is 0.189. The minimum Gasteiger partial charge on any atom is -0.356 e. The number of sulfone groups is 1. The second kappa shape index (κ2) is 14.8. The zero-order valence-corrected chi connectivity index (χ0v) is 32.9. The SMILES string of the molecule is CCc1cc(N2CC(CS(C)(=O)=O)C2)ncc1N(C)c1cc2c(cn1)ncn2C.CCc1cc(N2CC(N)C2)ncc1N(C)c1cc2c(cn1)ncn2C. The van der Waals surface area contributed by atoms with Crippen LogP contribution in [-0.4, -0.2) is 106 Å². The van der Waals surface area contributed by atoms with Crippen molar-refractivity contribution in [2.75, 3.05) is 71.9 Å². The molecule has 0 bridgehead atoms. The molecule has 2 fully saturated rings. The number of anilines is 6. The van der Waals surface area contributed by atoms with Crippen molar-refractivity contribution in [1.82, 2.24) is 39.0 Å². The predicted molar refractivity (Wildman–Crippen MR) is 216 cm³/mol. The first kappa shape index (κ1) is 37.0. The highest BCUT2D eigenvalue weighted by Gasteiger charge is 2.31. The maximum absolute atomic E-state index is 11.5. The monoisotopic (exact) mass is 751 g/mol. The van der Waals surface area contributed by atoms with Gasteiger partial charge in [-0.1, -0.05) is 13.8 Å². The smallest absolute Gasteiger partial charge is 0.147 e. The summed E-state index contributed by atoms with van der Waals surface area (Å²) in [4.78, 5) is 35.6. The molecule has 2 N–H and O–H groups in total. The van der Waals surface area contributed by atoms with Crippen LogP contribution in [0.15, 0.2) is 61.7 Å². The van der Waals surface area contributed by atoms with Crippen molar-refractivity contribution in [3.05, 3.63) is 72.8 Å². The molecule has 0 atom stereocenters. The fraction of sp³-hybridized carbons (Fsp3) is 0.421. The summed E-state index contributed by atoms with van der Waals surface area (Å²) in [5.41, 5.74) is 14.3. The number of aryl methyl sites for hydroxylation is 4. The van der Waals surface area contributed by atoms with Gasteiger partial charge in [0.25, 0.3) is 0 Å². The van der Waals surface area contributed by atoms with Crippen LogP contribution in [0.4, 0.5) is 34.6 Å². The molecule has 2 saturated heterocycles. The number of fused-ring (bicyclic) bond motifs is 2. The second-order valence-corrected chi connectivity index (χ2v) is 16.7. The van der Waals surface area contributed by atoms with Gasteiger partial charge in [0.15, 0.2) is 0 Å². The Bertz CT molecular complexity index is 2400. The lowest BCUT2D eigenvalue weighted by Gasteiger charge is -2.40. The van der Waals surface area contributed by atoms with E-state index in [1.807, 2.05) is 73.2 Å². The Balaban J connectivity index is 0.000000168. The molecule has 0 aliphatic carbocycles. The Morgan fingerprint density at radius 3 is 1.54 bits per heavy atom. The van der Waals surface area contributed by atoms with Gasteiger partial charge in [0.05, 0.1) is 65.6 Å². The van der Waals surface area contributed by atoms with E-state index in [2.05, 4.69) is 76.7 Å². The molecule has 0 aromatic carbocycles. The van der Waals surface area contributed by atoms with Crippen LogP contribution in [0.5, 0.6) is 0 Å². The van der Waals surface area contributed by atoms with Gasteiger partial charge in [-0.25, -0.2) is 38.3 Å². The average Bonchev–Trinajstić information content (AvgIpc) is 3.71. The first-order chi connectivity index (χ1) is 25.8. The zero-order valence-electron chi connectivity index (χ0n) is 32.0. The summed E-state index contributed by atoms with van der Waals surface area (Å²) in [5, 5.41) is 0. The quantitative estimate of drug-likeness (QED) is 0.214. The van der Waals surface area contributed by atoms with Crippen molar-refractivity contribution in [2.24, 2.45) is 25.7 Å². The summed E-state index contributed by atoms with van der Waals surface area (Å²) in [6, 6.07) is 8.63. The van der Waals surface area contributed by atoms with Crippen LogP contribution in [0.3, 0.4) is 0 Å². The molecule has 2 aliphatic rings. The molecule has 6 aromatic rings. The van der Waals surface area contributed by atoms with Crippen molar-refractivity contribution in [1.29, 1.82) is 0 Å². The Labute approximate surface area is 316 Å². The fourth-order valence-electron chi connectivity index (χ4n) is 7.11.